The normalized spacial score (nSPS) is 12.5. The summed E-state index contributed by atoms with van der Waals surface area (Å²) in [5, 5.41) is 0.415. The minimum absolute atomic E-state index is 0.0244. The topological polar surface area (TPSA) is 63.2 Å². The van der Waals surface area contributed by atoms with Crippen LogP contribution >= 0.6 is 23.2 Å². The fraction of sp³-hybridized carbons (Fsp3) is 0.417. The summed E-state index contributed by atoms with van der Waals surface area (Å²) in [4.78, 5) is 11.7. The molecule has 0 aromatic heterocycles. The molecule has 19 heavy (non-hydrogen) atoms. The third kappa shape index (κ3) is 4.45. The zero-order chi connectivity index (χ0) is 14.8. The van der Waals surface area contributed by atoms with Gasteiger partial charge in [0.15, 0.2) is 5.78 Å². The molecule has 0 spiro atoms. The lowest BCUT2D eigenvalue weighted by atomic mass is 9.91. The first-order chi connectivity index (χ1) is 8.54. The number of carbonyl (C=O) groups is 1. The number of halogens is 2. The highest BCUT2D eigenvalue weighted by Crippen LogP contribution is 2.24. The van der Waals surface area contributed by atoms with Crippen LogP contribution in [0.15, 0.2) is 23.1 Å². The second-order valence-electron chi connectivity index (χ2n) is 5.07. The monoisotopic (exact) mass is 323 g/mol. The number of Topliss-reactive ketones (excluding diaryl/α,β-unsaturated/α-hetero) is 1. The Morgan fingerprint density at radius 2 is 1.79 bits per heavy atom. The van der Waals surface area contributed by atoms with Crippen molar-refractivity contribution in [3.05, 3.63) is 28.2 Å². The molecule has 0 unspecified atom stereocenters. The fourth-order valence-corrected chi connectivity index (χ4v) is 2.52. The molecule has 0 radical (unpaired) electrons. The summed E-state index contributed by atoms with van der Waals surface area (Å²) in [6, 6.07) is 3.97. The summed E-state index contributed by atoms with van der Waals surface area (Å²) in [7, 11) is -3.77. The van der Waals surface area contributed by atoms with Crippen molar-refractivity contribution in [1.29, 1.82) is 0 Å². The maximum absolute atomic E-state index is 12.0. The lowest BCUT2D eigenvalue weighted by molar-refractivity contribution is -0.125. The lowest BCUT2D eigenvalue weighted by Gasteiger charge is -2.16. The molecule has 0 heterocycles. The third-order valence-electron chi connectivity index (χ3n) is 2.46. The van der Waals surface area contributed by atoms with Crippen molar-refractivity contribution in [3.63, 3.8) is 0 Å². The van der Waals surface area contributed by atoms with Gasteiger partial charge >= 0.3 is 0 Å². The van der Waals surface area contributed by atoms with E-state index in [1.165, 1.54) is 18.2 Å². The van der Waals surface area contributed by atoms with Gasteiger partial charge in [0.1, 0.15) is 0 Å². The molecule has 0 atom stereocenters. The molecule has 0 amide bonds. The van der Waals surface area contributed by atoms with E-state index in [0.29, 0.717) is 0 Å². The molecule has 1 N–H and O–H groups in total. The number of hydrogen-bond donors (Lipinski definition) is 1. The Kier molecular flexibility index (Phi) is 5.01. The first kappa shape index (κ1) is 16.4. The van der Waals surface area contributed by atoms with Crippen molar-refractivity contribution in [2.24, 2.45) is 5.41 Å². The highest BCUT2D eigenvalue weighted by atomic mass is 35.5. The third-order valence-corrected chi connectivity index (χ3v) is 4.60. The summed E-state index contributed by atoms with van der Waals surface area (Å²) in [6.45, 7) is 4.92. The summed E-state index contributed by atoms with van der Waals surface area (Å²) in [6.07, 6.45) is 0. The summed E-state index contributed by atoms with van der Waals surface area (Å²) in [5.41, 5.74) is -0.597. The Bertz CT molecular complexity index is 591. The van der Waals surface area contributed by atoms with Crippen molar-refractivity contribution < 1.29 is 13.2 Å². The predicted octanol–water partition coefficient (Wildman–Crippen LogP) is 2.89. The number of nitrogens with one attached hydrogen (secondary N) is 1. The van der Waals surface area contributed by atoms with E-state index < -0.39 is 15.4 Å². The summed E-state index contributed by atoms with van der Waals surface area (Å²) >= 11 is 11.5. The zero-order valence-electron chi connectivity index (χ0n) is 10.8. The van der Waals surface area contributed by atoms with Crippen LogP contribution in [0.5, 0.6) is 0 Å². The summed E-state index contributed by atoms with van der Waals surface area (Å²) < 4.78 is 26.2. The Labute approximate surface area is 123 Å². The number of hydrogen-bond acceptors (Lipinski definition) is 3. The molecule has 1 rings (SSSR count). The Balaban J connectivity index is 2.88. The molecule has 1 aromatic rings. The van der Waals surface area contributed by atoms with Crippen LogP contribution in [-0.4, -0.2) is 20.7 Å². The van der Waals surface area contributed by atoms with Crippen molar-refractivity contribution in [2.75, 3.05) is 6.54 Å². The molecule has 0 saturated carbocycles. The molecule has 0 aliphatic rings. The van der Waals surface area contributed by atoms with E-state index in [1.807, 2.05) is 0 Å². The van der Waals surface area contributed by atoms with Gasteiger partial charge in [-0.3, -0.25) is 4.79 Å². The van der Waals surface area contributed by atoms with Gasteiger partial charge in [0.25, 0.3) is 0 Å². The van der Waals surface area contributed by atoms with E-state index in [2.05, 4.69) is 4.72 Å². The number of benzene rings is 1. The van der Waals surface area contributed by atoms with Crippen LogP contribution in [0.3, 0.4) is 0 Å². The van der Waals surface area contributed by atoms with E-state index in [9.17, 15) is 13.2 Å². The SMILES string of the molecule is CC(C)(C)C(=O)CNS(=O)(=O)c1ccc(Cl)c(Cl)c1. The van der Waals surface area contributed by atoms with Crippen molar-refractivity contribution in [1.82, 2.24) is 4.72 Å². The second kappa shape index (κ2) is 5.79. The Hall–Kier alpha value is -0.620. The van der Waals surface area contributed by atoms with E-state index >= 15 is 0 Å². The number of rotatable bonds is 4. The van der Waals surface area contributed by atoms with E-state index in [-0.39, 0.29) is 27.3 Å². The van der Waals surface area contributed by atoms with Crippen molar-refractivity contribution in [2.45, 2.75) is 25.7 Å². The quantitative estimate of drug-likeness (QED) is 0.926. The standard InChI is InChI=1S/C12H15Cl2NO3S/c1-12(2,3)11(16)7-15-19(17,18)8-4-5-9(13)10(14)6-8/h4-6,15H,7H2,1-3H3. The van der Waals surface area contributed by atoms with E-state index in [4.69, 9.17) is 23.2 Å². The minimum atomic E-state index is -3.77. The van der Waals surface area contributed by atoms with Crippen molar-refractivity contribution in [3.8, 4) is 0 Å². The van der Waals surface area contributed by atoms with Crippen LogP contribution in [-0.2, 0) is 14.8 Å². The van der Waals surface area contributed by atoms with Gasteiger partial charge < -0.3 is 0 Å². The molecule has 7 heteroatoms. The van der Waals surface area contributed by atoms with Gasteiger partial charge in [-0.15, -0.1) is 0 Å². The van der Waals surface area contributed by atoms with Gasteiger partial charge in [-0.1, -0.05) is 44.0 Å². The first-order valence-electron chi connectivity index (χ1n) is 5.52. The molecular weight excluding hydrogens is 309 g/mol. The van der Waals surface area contributed by atoms with Gasteiger partial charge in [0.05, 0.1) is 21.5 Å². The Morgan fingerprint density at radius 1 is 1.21 bits per heavy atom. The number of carbonyl (C=O) groups excluding carboxylic acids is 1. The van der Waals surface area contributed by atoms with Gasteiger partial charge in [-0.25, -0.2) is 13.1 Å². The van der Waals surface area contributed by atoms with E-state index in [1.54, 1.807) is 20.8 Å². The molecule has 0 bridgehead atoms. The molecule has 106 valence electrons. The zero-order valence-corrected chi connectivity index (χ0v) is 13.2. The molecule has 0 aliphatic carbocycles. The molecule has 0 aliphatic heterocycles. The molecule has 1 aromatic carbocycles. The molecule has 0 fully saturated rings. The summed E-state index contributed by atoms with van der Waals surface area (Å²) in [5.74, 6) is -0.198. The molecule has 4 nitrogen and oxygen atoms in total. The average Bonchev–Trinajstić information content (AvgIpc) is 2.28. The molecular formula is C12H15Cl2NO3S. The van der Waals surface area contributed by atoms with Crippen LogP contribution in [0.25, 0.3) is 0 Å². The van der Waals surface area contributed by atoms with E-state index in [0.717, 1.165) is 0 Å². The van der Waals surface area contributed by atoms with Crippen LogP contribution in [0.2, 0.25) is 10.0 Å². The molecule has 0 saturated heterocycles. The second-order valence-corrected chi connectivity index (χ2v) is 7.65. The minimum Gasteiger partial charge on any atom is -0.298 e. The van der Waals surface area contributed by atoms with Gasteiger partial charge in [-0.2, -0.15) is 0 Å². The van der Waals surface area contributed by atoms with Crippen LogP contribution < -0.4 is 4.72 Å². The maximum atomic E-state index is 12.0. The highest BCUT2D eigenvalue weighted by molar-refractivity contribution is 7.89. The fourth-order valence-electron chi connectivity index (χ4n) is 1.15. The van der Waals surface area contributed by atoms with Crippen LogP contribution in [0.1, 0.15) is 20.8 Å². The maximum Gasteiger partial charge on any atom is 0.241 e. The first-order valence-corrected chi connectivity index (χ1v) is 7.76. The predicted molar refractivity (Wildman–Crippen MR) is 76.1 cm³/mol. The number of sulfonamides is 1. The lowest BCUT2D eigenvalue weighted by Crippen LogP contribution is -2.35. The van der Waals surface area contributed by atoms with Crippen molar-refractivity contribution >= 4 is 39.0 Å². The van der Waals surface area contributed by atoms with Gasteiger partial charge in [0, 0.05) is 5.41 Å². The Morgan fingerprint density at radius 3 is 2.26 bits per heavy atom. The largest absolute Gasteiger partial charge is 0.298 e. The highest BCUT2D eigenvalue weighted by Gasteiger charge is 2.23. The van der Waals surface area contributed by atoms with Gasteiger partial charge in [-0.05, 0) is 18.2 Å². The van der Waals surface area contributed by atoms with Crippen LogP contribution in [0, 0.1) is 5.41 Å². The smallest absolute Gasteiger partial charge is 0.241 e. The van der Waals surface area contributed by atoms with Gasteiger partial charge in [0.2, 0.25) is 10.0 Å². The average molecular weight is 324 g/mol. The number of ketones is 1. The van der Waals surface area contributed by atoms with Crippen LogP contribution in [0.4, 0.5) is 0 Å².